The topological polar surface area (TPSA) is 76.2 Å². The van der Waals surface area contributed by atoms with Crippen molar-refractivity contribution in [2.45, 2.75) is 50.5 Å². The second-order valence-electron chi connectivity index (χ2n) is 9.26. The molecule has 1 atom stereocenters. The van der Waals surface area contributed by atoms with Crippen LogP contribution in [0.1, 0.15) is 56.0 Å². The maximum atomic E-state index is 13.8. The van der Waals surface area contributed by atoms with E-state index in [1.54, 1.807) is 23.1 Å². The quantitative estimate of drug-likeness (QED) is 0.657. The number of sulfonamides is 1. The van der Waals surface area contributed by atoms with Gasteiger partial charge in [0.25, 0.3) is 5.91 Å². The van der Waals surface area contributed by atoms with E-state index in [1.165, 1.54) is 10.4 Å². The van der Waals surface area contributed by atoms with E-state index in [0.717, 1.165) is 23.4 Å². The summed E-state index contributed by atoms with van der Waals surface area (Å²) in [7, 11) is -3.69. The standard InChI is InChI=1S/C25H32N2O5S/c1-5-32-20-9-10-23-22(16-20)18(2)17-25(3,4)27(23)24(28)19-7-6-8-21(15-19)33(29,30)26-11-13-31-14-12-26/h6-10,15-16,18H,5,11-14,17H2,1-4H3. The molecule has 0 bridgehead atoms. The van der Waals surface area contributed by atoms with Crippen molar-refractivity contribution in [3.05, 3.63) is 53.6 Å². The van der Waals surface area contributed by atoms with Gasteiger partial charge in [-0.05, 0) is 75.1 Å². The van der Waals surface area contributed by atoms with Crippen molar-refractivity contribution in [1.82, 2.24) is 4.31 Å². The molecule has 1 amide bonds. The van der Waals surface area contributed by atoms with Crippen molar-refractivity contribution < 1.29 is 22.7 Å². The Balaban J connectivity index is 1.72. The normalized spacial score (nSPS) is 20.8. The smallest absolute Gasteiger partial charge is 0.258 e. The zero-order valence-corrected chi connectivity index (χ0v) is 20.5. The Bertz CT molecular complexity index is 1140. The third-order valence-corrected chi connectivity index (χ3v) is 8.28. The zero-order valence-electron chi connectivity index (χ0n) is 19.7. The fourth-order valence-corrected chi connectivity index (χ4v) is 6.36. The average molecular weight is 473 g/mol. The van der Waals surface area contributed by atoms with Crippen LogP contribution in [-0.2, 0) is 14.8 Å². The molecule has 2 aromatic rings. The van der Waals surface area contributed by atoms with E-state index in [1.807, 2.05) is 25.1 Å². The minimum Gasteiger partial charge on any atom is -0.494 e. The first-order chi connectivity index (χ1) is 15.6. The highest BCUT2D eigenvalue weighted by Gasteiger charge is 2.40. The van der Waals surface area contributed by atoms with Gasteiger partial charge in [0.15, 0.2) is 0 Å². The third-order valence-electron chi connectivity index (χ3n) is 6.38. The minimum absolute atomic E-state index is 0.130. The second kappa shape index (κ2) is 9.08. The monoisotopic (exact) mass is 472 g/mol. The number of nitrogens with zero attached hydrogens (tertiary/aromatic N) is 2. The van der Waals surface area contributed by atoms with Gasteiger partial charge in [0, 0.05) is 29.9 Å². The first-order valence-electron chi connectivity index (χ1n) is 11.4. The van der Waals surface area contributed by atoms with Crippen LogP contribution in [0.25, 0.3) is 0 Å². The molecule has 7 nitrogen and oxygen atoms in total. The van der Waals surface area contributed by atoms with Gasteiger partial charge in [-0.15, -0.1) is 0 Å². The molecule has 33 heavy (non-hydrogen) atoms. The van der Waals surface area contributed by atoms with Crippen LogP contribution >= 0.6 is 0 Å². The molecule has 0 radical (unpaired) electrons. The van der Waals surface area contributed by atoms with Crippen molar-refractivity contribution in [2.24, 2.45) is 0 Å². The largest absolute Gasteiger partial charge is 0.494 e. The van der Waals surface area contributed by atoms with Gasteiger partial charge >= 0.3 is 0 Å². The molecule has 1 fully saturated rings. The molecule has 8 heteroatoms. The number of carbonyl (C=O) groups is 1. The Morgan fingerprint density at radius 2 is 1.88 bits per heavy atom. The molecule has 1 unspecified atom stereocenters. The van der Waals surface area contributed by atoms with Crippen LogP contribution in [-0.4, -0.2) is 57.1 Å². The van der Waals surface area contributed by atoms with E-state index in [2.05, 4.69) is 20.8 Å². The molecule has 2 heterocycles. The van der Waals surface area contributed by atoms with E-state index < -0.39 is 15.6 Å². The Morgan fingerprint density at radius 1 is 1.15 bits per heavy atom. The molecule has 1 saturated heterocycles. The molecule has 178 valence electrons. The van der Waals surface area contributed by atoms with Gasteiger partial charge in [0.1, 0.15) is 5.75 Å². The van der Waals surface area contributed by atoms with Gasteiger partial charge < -0.3 is 14.4 Å². The maximum Gasteiger partial charge on any atom is 0.258 e. The molecule has 2 aliphatic heterocycles. The van der Waals surface area contributed by atoms with Crippen molar-refractivity contribution >= 4 is 21.6 Å². The molecule has 0 aliphatic carbocycles. The number of ether oxygens (including phenoxy) is 2. The van der Waals surface area contributed by atoms with Gasteiger partial charge in [-0.1, -0.05) is 13.0 Å². The number of carbonyl (C=O) groups excluding carboxylic acids is 1. The highest BCUT2D eigenvalue weighted by atomic mass is 32.2. The summed E-state index contributed by atoms with van der Waals surface area (Å²) >= 11 is 0. The van der Waals surface area contributed by atoms with E-state index in [0.29, 0.717) is 38.5 Å². The summed E-state index contributed by atoms with van der Waals surface area (Å²) in [6.45, 7) is 10.2. The summed E-state index contributed by atoms with van der Waals surface area (Å²) in [5.74, 6) is 0.831. The van der Waals surface area contributed by atoms with Gasteiger partial charge in [0.05, 0.1) is 24.7 Å². The first kappa shape index (κ1) is 23.7. The molecule has 0 spiro atoms. The lowest BCUT2D eigenvalue weighted by molar-refractivity contribution is 0.0730. The van der Waals surface area contributed by atoms with Crippen molar-refractivity contribution in [1.29, 1.82) is 0 Å². The van der Waals surface area contributed by atoms with Crippen LogP contribution < -0.4 is 9.64 Å². The molecular formula is C25H32N2O5S. The van der Waals surface area contributed by atoms with Crippen molar-refractivity contribution in [3.63, 3.8) is 0 Å². The van der Waals surface area contributed by atoms with Crippen LogP contribution in [0.2, 0.25) is 0 Å². The predicted octanol–water partition coefficient (Wildman–Crippen LogP) is 4.04. The SMILES string of the molecule is CCOc1ccc2c(c1)C(C)CC(C)(C)N2C(=O)c1cccc(S(=O)(=O)N2CCOCC2)c1. The number of amides is 1. The van der Waals surface area contributed by atoms with Crippen LogP contribution in [0.15, 0.2) is 47.4 Å². The Kier molecular flexibility index (Phi) is 6.53. The summed E-state index contributed by atoms with van der Waals surface area (Å²) in [5, 5.41) is 0. The summed E-state index contributed by atoms with van der Waals surface area (Å²) in [4.78, 5) is 15.8. The average Bonchev–Trinajstić information content (AvgIpc) is 2.79. The molecule has 0 saturated carbocycles. The highest BCUT2D eigenvalue weighted by Crippen LogP contribution is 2.45. The lowest BCUT2D eigenvalue weighted by Crippen LogP contribution is -2.51. The van der Waals surface area contributed by atoms with E-state index >= 15 is 0 Å². The number of hydrogen-bond acceptors (Lipinski definition) is 5. The number of fused-ring (bicyclic) bond motifs is 1. The molecule has 2 aromatic carbocycles. The van der Waals surface area contributed by atoms with Crippen LogP contribution in [0.3, 0.4) is 0 Å². The summed E-state index contributed by atoms with van der Waals surface area (Å²) < 4.78 is 38.7. The van der Waals surface area contributed by atoms with Gasteiger partial charge in [-0.2, -0.15) is 4.31 Å². The summed E-state index contributed by atoms with van der Waals surface area (Å²) in [6.07, 6.45) is 0.785. The fraction of sp³-hybridized carbons (Fsp3) is 0.480. The first-order valence-corrected chi connectivity index (χ1v) is 12.9. The van der Waals surface area contributed by atoms with Crippen LogP contribution in [0.5, 0.6) is 5.75 Å². The molecule has 2 aliphatic rings. The summed E-state index contributed by atoms with van der Waals surface area (Å²) in [5.41, 5.74) is 1.82. The van der Waals surface area contributed by atoms with Crippen molar-refractivity contribution in [2.75, 3.05) is 37.8 Å². The highest BCUT2D eigenvalue weighted by molar-refractivity contribution is 7.89. The number of anilines is 1. The maximum absolute atomic E-state index is 13.8. The third kappa shape index (κ3) is 4.52. The van der Waals surface area contributed by atoms with E-state index in [-0.39, 0.29) is 16.7 Å². The molecular weight excluding hydrogens is 440 g/mol. The Labute approximate surface area is 196 Å². The second-order valence-corrected chi connectivity index (χ2v) is 11.2. The number of morpholine rings is 1. The van der Waals surface area contributed by atoms with Gasteiger partial charge in [0.2, 0.25) is 10.0 Å². The van der Waals surface area contributed by atoms with Gasteiger partial charge in [-0.25, -0.2) is 8.42 Å². The van der Waals surface area contributed by atoms with Crippen LogP contribution in [0.4, 0.5) is 5.69 Å². The van der Waals surface area contributed by atoms with Gasteiger partial charge in [-0.3, -0.25) is 4.79 Å². The van der Waals surface area contributed by atoms with E-state index in [4.69, 9.17) is 9.47 Å². The lowest BCUT2D eigenvalue weighted by Gasteiger charge is -2.46. The molecule has 0 N–H and O–H groups in total. The Hall–Kier alpha value is -2.42. The minimum atomic E-state index is -3.69. The zero-order chi connectivity index (χ0) is 23.8. The number of hydrogen-bond donors (Lipinski definition) is 0. The van der Waals surface area contributed by atoms with E-state index in [9.17, 15) is 13.2 Å². The molecule has 0 aromatic heterocycles. The summed E-state index contributed by atoms with van der Waals surface area (Å²) in [6, 6.07) is 12.2. The number of benzene rings is 2. The number of rotatable bonds is 5. The van der Waals surface area contributed by atoms with Crippen LogP contribution in [0, 0.1) is 0 Å². The Morgan fingerprint density at radius 3 is 2.58 bits per heavy atom. The predicted molar refractivity (Wildman–Crippen MR) is 128 cm³/mol. The van der Waals surface area contributed by atoms with Crippen molar-refractivity contribution in [3.8, 4) is 5.75 Å². The fourth-order valence-electron chi connectivity index (χ4n) is 4.90. The lowest BCUT2D eigenvalue weighted by atomic mass is 9.79. The molecule has 4 rings (SSSR count).